The summed E-state index contributed by atoms with van der Waals surface area (Å²) in [7, 11) is -2.33. The highest BCUT2D eigenvalue weighted by Gasteiger charge is 2.62. The molecule has 272 valence electrons. The number of rotatable bonds is 11. The maximum atomic E-state index is 14.4. The SMILES string of the molecule is C=C[C@@H]1C[C@]1(NC(=O)[C@@H]1C[C@H](Oc2nccc3cc(OC)ccc23)CN1C(=O)[C@@H](NC(=O)OC(C)(C)C)C(C)(C)C)C(=O)NS(=O)(=O)C1CC1. The van der Waals surface area contributed by atoms with E-state index in [1.54, 1.807) is 73.0 Å². The zero-order chi connectivity index (χ0) is 36.8. The zero-order valence-electron chi connectivity index (χ0n) is 29.6. The summed E-state index contributed by atoms with van der Waals surface area (Å²) < 4.78 is 44.6. The van der Waals surface area contributed by atoms with E-state index in [4.69, 9.17) is 14.2 Å². The second kappa shape index (κ2) is 13.4. The van der Waals surface area contributed by atoms with Crippen molar-refractivity contribution in [3.05, 3.63) is 43.1 Å². The van der Waals surface area contributed by atoms with Crippen molar-refractivity contribution in [3.8, 4) is 11.6 Å². The Morgan fingerprint density at radius 3 is 2.38 bits per heavy atom. The quantitative estimate of drug-likeness (QED) is 0.293. The molecule has 2 aromatic rings. The van der Waals surface area contributed by atoms with Crippen molar-refractivity contribution in [3.63, 3.8) is 0 Å². The number of benzene rings is 1. The minimum Gasteiger partial charge on any atom is -0.497 e. The third kappa shape index (κ3) is 7.98. The van der Waals surface area contributed by atoms with E-state index in [0.717, 1.165) is 5.39 Å². The van der Waals surface area contributed by atoms with Crippen molar-refractivity contribution in [2.45, 2.75) is 102 Å². The van der Waals surface area contributed by atoms with Crippen LogP contribution in [0.5, 0.6) is 11.6 Å². The lowest BCUT2D eigenvalue weighted by molar-refractivity contribution is -0.143. The average molecular weight is 714 g/mol. The van der Waals surface area contributed by atoms with Crippen molar-refractivity contribution in [1.82, 2.24) is 25.2 Å². The third-order valence-electron chi connectivity index (χ3n) is 9.08. The van der Waals surface area contributed by atoms with Gasteiger partial charge in [0.15, 0.2) is 0 Å². The fourth-order valence-corrected chi connectivity index (χ4v) is 7.50. The Hall–Kier alpha value is -4.40. The van der Waals surface area contributed by atoms with Gasteiger partial charge in [0.25, 0.3) is 5.91 Å². The molecular formula is C35H47N5O9S. The molecule has 0 bridgehead atoms. The van der Waals surface area contributed by atoms with E-state index >= 15 is 0 Å². The van der Waals surface area contributed by atoms with Crippen LogP contribution in [0.3, 0.4) is 0 Å². The molecule has 1 aromatic heterocycles. The molecule has 3 aliphatic rings. The van der Waals surface area contributed by atoms with Gasteiger partial charge in [0.1, 0.15) is 35.1 Å². The van der Waals surface area contributed by atoms with E-state index in [1.807, 2.05) is 6.07 Å². The Morgan fingerprint density at radius 1 is 1.10 bits per heavy atom. The number of nitrogens with zero attached hydrogens (tertiary/aromatic N) is 2. The minimum atomic E-state index is -3.89. The fraction of sp³-hybridized carbons (Fsp3) is 0.571. The molecule has 0 unspecified atom stereocenters. The number of hydrogen-bond acceptors (Lipinski definition) is 10. The van der Waals surface area contributed by atoms with Gasteiger partial charge in [-0.2, -0.15) is 0 Å². The maximum Gasteiger partial charge on any atom is 0.408 e. The van der Waals surface area contributed by atoms with Crippen LogP contribution < -0.4 is 24.8 Å². The van der Waals surface area contributed by atoms with E-state index in [9.17, 15) is 27.6 Å². The van der Waals surface area contributed by atoms with Gasteiger partial charge in [-0.05, 0) is 75.1 Å². The van der Waals surface area contributed by atoms with Gasteiger partial charge < -0.3 is 29.7 Å². The Labute approximate surface area is 292 Å². The first-order valence-electron chi connectivity index (χ1n) is 16.7. The van der Waals surface area contributed by atoms with Crippen LogP contribution in [0.2, 0.25) is 0 Å². The second-order valence-electron chi connectivity index (χ2n) is 15.3. The van der Waals surface area contributed by atoms with Crippen molar-refractivity contribution >= 4 is 44.6 Å². The number of amides is 4. The lowest BCUT2D eigenvalue weighted by Crippen LogP contribution is -2.60. The smallest absolute Gasteiger partial charge is 0.408 e. The van der Waals surface area contributed by atoms with Crippen molar-refractivity contribution in [1.29, 1.82) is 0 Å². The van der Waals surface area contributed by atoms with Crippen molar-refractivity contribution in [2.24, 2.45) is 11.3 Å². The van der Waals surface area contributed by atoms with Gasteiger partial charge in [-0.25, -0.2) is 18.2 Å². The first-order valence-corrected chi connectivity index (χ1v) is 18.2. The number of carbonyl (C=O) groups is 4. The summed E-state index contributed by atoms with van der Waals surface area (Å²) >= 11 is 0. The normalized spacial score (nSPS) is 24.1. The molecule has 2 aliphatic carbocycles. The van der Waals surface area contributed by atoms with Crippen LogP contribution in [0.4, 0.5) is 4.79 Å². The van der Waals surface area contributed by atoms with Crippen LogP contribution in [0.25, 0.3) is 10.8 Å². The summed E-state index contributed by atoms with van der Waals surface area (Å²) in [6, 6.07) is 4.95. The molecule has 3 N–H and O–H groups in total. The Bertz CT molecular complexity index is 1800. The predicted molar refractivity (Wildman–Crippen MR) is 185 cm³/mol. The number of carbonyl (C=O) groups excluding carboxylic acids is 4. The molecule has 0 radical (unpaired) electrons. The molecule has 1 saturated heterocycles. The van der Waals surface area contributed by atoms with Gasteiger partial charge >= 0.3 is 6.09 Å². The standard InChI is InChI=1S/C35H47N5O9S/c1-9-21-18-35(21,31(43)39-50(45,46)24-11-12-24)38-28(41)26-17-23(48-29-25-13-10-22(47-8)16-20(25)14-15-36-29)19-40(26)30(42)27(33(2,3)4)37-32(44)49-34(5,6)7/h9-10,13-16,21,23-24,26-27H,1,11-12,17-19H2,2-8H3,(H,37,44)(H,38,41)(H,39,43)/t21-,23+,26+,27-,35-/m1/s1. The van der Waals surface area contributed by atoms with Crippen LogP contribution in [0.1, 0.15) is 67.2 Å². The van der Waals surface area contributed by atoms with Gasteiger partial charge in [-0.3, -0.25) is 19.1 Å². The molecule has 3 fully saturated rings. The lowest BCUT2D eigenvalue weighted by Gasteiger charge is -2.36. The van der Waals surface area contributed by atoms with E-state index < -0.39 is 79.7 Å². The van der Waals surface area contributed by atoms with E-state index in [1.165, 1.54) is 11.0 Å². The molecule has 14 nitrogen and oxygen atoms in total. The van der Waals surface area contributed by atoms with Crippen molar-refractivity contribution in [2.75, 3.05) is 13.7 Å². The van der Waals surface area contributed by atoms with Crippen LogP contribution in [0.15, 0.2) is 43.1 Å². The fourth-order valence-electron chi connectivity index (χ4n) is 6.14. The summed E-state index contributed by atoms with van der Waals surface area (Å²) in [6.07, 6.45) is 2.64. The number of likely N-dealkylation sites (tertiary alicyclic amines) is 1. The van der Waals surface area contributed by atoms with Crippen molar-refractivity contribution < 1.29 is 41.8 Å². The number of pyridine rings is 1. The number of ether oxygens (including phenoxy) is 3. The largest absolute Gasteiger partial charge is 0.497 e. The summed E-state index contributed by atoms with van der Waals surface area (Å²) in [5, 5.41) is 6.33. The molecule has 50 heavy (non-hydrogen) atoms. The Kier molecular flexibility index (Phi) is 9.87. The van der Waals surface area contributed by atoms with Gasteiger partial charge in [-0.1, -0.05) is 26.8 Å². The molecule has 1 aliphatic heterocycles. The molecule has 5 rings (SSSR count). The van der Waals surface area contributed by atoms with Crippen LogP contribution in [0, 0.1) is 11.3 Å². The highest BCUT2D eigenvalue weighted by atomic mass is 32.2. The Balaban J connectivity index is 1.44. The highest BCUT2D eigenvalue weighted by Crippen LogP contribution is 2.45. The highest BCUT2D eigenvalue weighted by molar-refractivity contribution is 7.91. The van der Waals surface area contributed by atoms with E-state index in [2.05, 4.69) is 26.9 Å². The van der Waals surface area contributed by atoms with E-state index in [-0.39, 0.29) is 25.3 Å². The predicted octanol–water partition coefficient (Wildman–Crippen LogP) is 3.20. The monoisotopic (exact) mass is 713 g/mol. The lowest BCUT2D eigenvalue weighted by atomic mass is 9.85. The molecule has 0 spiro atoms. The van der Waals surface area contributed by atoms with E-state index in [0.29, 0.717) is 24.0 Å². The zero-order valence-corrected chi connectivity index (χ0v) is 30.4. The average Bonchev–Trinajstić information content (AvgIpc) is 3.95. The third-order valence-corrected chi connectivity index (χ3v) is 10.9. The summed E-state index contributed by atoms with van der Waals surface area (Å²) in [5.74, 6) is -1.66. The molecule has 2 saturated carbocycles. The number of aromatic nitrogens is 1. The first-order chi connectivity index (χ1) is 23.3. The number of alkyl carbamates (subject to hydrolysis) is 1. The molecular weight excluding hydrogens is 666 g/mol. The number of methoxy groups -OCH3 is 1. The molecule has 5 atom stereocenters. The molecule has 2 heterocycles. The topological polar surface area (TPSA) is 182 Å². The minimum absolute atomic E-state index is 0.0198. The number of nitrogens with one attached hydrogen (secondary N) is 3. The first kappa shape index (κ1) is 36.9. The van der Waals surface area contributed by atoms with Gasteiger partial charge in [0.2, 0.25) is 27.7 Å². The van der Waals surface area contributed by atoms with Gasteiger partial charge in [-0.15, -0.1) is 6.58 Å². The van der Waals surface area contributed by atoms with Gasteiger partial charge in [0, 0.05) is 23.9 Å². The summed E-state index contributed by atoms with van der Waals surface area (Å²) in [4.78, 5) is 60.7. The van der Waals surface area contributed by atoms with Gasteiger partial charge in [0.05, 0.1) is 18.9 Å². The maximum absolute atomic E-state index is 14.4. The molecule has 1 aromatic carbocycles. The Morgan fingerprint density at radius 2 is 1.80 bits per heavy atom. The summed E-state index contributed by atoms with van der Waals surface area (Å²) in [6.45, 7) is 14.2. The number of fused-ring (bicyclic) bond motifs is 1. The number of sulfonamides is 1. The van der Waals surface area contributed by atoms with Crippen LogP contribution in [-0.4, -0.2) is 90.3 Å². The van der Waals surface area contributed by atoms with Crippen LogP contribution >= 0.6 is 0 Å². The number of hydrogen-bond donors (Lipinski definition) is 3. The second-order valence-corrected chi connectivity index (χ2v) is 17.3. The molecule has 4 amide bonds. The van der Waals surface area contributed by atoms with Crippen LogP contribution in [-0.2, 0) is 29.1 Å². The summed E-state index contributed by atoms with van der Waals surface area (Å²) in [5.41, 5.74) is -3.19. The molecule has 15 heteroatoms.